The smallest absolute Gasteiger partial charge is 0.311 e. The van der Waals surface area contributed by atoms with Crippen molar-refractivity contribution in [1.29, 1.82) is 0 Å². The molecule has 88 valence electrons. The van der Waals surface area contributed by atoms with Gasteiger partial charge in [0.25, 0.3) is 0 Å². The number of carboxylic acids is 1. The standard InChI is InChI=1S/C12H16ClNO2/c1-12(2,3)10(11(15)16)8-6-7(13)4-5-9(8)14/h4-6,10H,14H2,1-3H3,(H,15,16). The summed E-state index contributed by atoms with van der Waals surface area (Å²) >= 11 is 5.87. The molecule has 1 aromatic carbocycles. The summed E-state index contributed by atoms with van der Waals surface area (Å²) in [5, 5.41) is 9.78. The molecule has 0 aliphatic carbocycles. The van der Waals surface area contributed by atoms with Crippen LogP contribution in [0.5, 0.6) is 0 Å². The Morgan fingerprint density at radius 1 is 1.44 bits per heavy atom. The van der Waals surface area contributed by atoms with Gasteiger partial charge in [-0.05, 0) is 29.2 Å². The van der Waals surface area contributed by atoms with Gasteiger partial charge in [-0.3, -0.25) is 4.79 Å². The summed E-state index contributed by atoms with van der Waals surface area (Å²) in [6, 6.07) is 4.92. The fraction of sp³-hybridized carbons (Fsp3) is 0.417. The van der Waals surface area contributed by atoms with E-state index in [1.54, 1.807) is 18.2 Å². The van der Waals surface area contributed by atoms with Crippen LogP contribution < -0.4 is 5.73 Å². The lowest BCUT2D eigenvalue weighted by atomic mass is 9.76. The van der Waals surface area contributed by atoms with Gasteiger partial charge < -0.3 is 10.8 Å². The highest BCUT2D eigenvalue weighted by molar-refractivity contribution is 6.30. The number of aliphatic carboxylic acids is 1. The van der Waals surface area contributed by atoms with Gasteiger partial charge in [0.15, 0.2) is 0 Å². The molecule has 1 atom stereocenters. The molecule has 0 bridgehead atoms. The summed E-state index contributed by atoms with van der Waals surface area (Å²) in [5.41, 5.74) is 6.43. The van der Waals surface area contributed by atoms with E-state index in [4.69, 9.17) is 17.3 Å². The number of carbonyl (C=O) groups is 1. The zero-order valence-corrected chi connectivity index (χ0v) is 10.4. The van der Waals surface area contributed by atoms with Crippen molar-refractivity contribution in [1.82, 2.24) is 0 Å². The molecule has 1 rings (SSSR count). The minimum Gasteiger partial charge on any atom is -0.481 e. The quantitative estimate of drug-likeness (QED) is 0.782. The van der Waals surface area contributed by atoms with Gasteiger partial charge in [0, 0.05) is 10.7 Å². The Labute approximate surface area is 100 Å². The van der Waals surface area contributed by atoms with E-state index in [0.717, 1.165) is 0 Å². The van der Waals surface area contributed by atoms with E-state index in [-0.39, 0.29) is 0 Å². The predicted octanol–water partition coefficient (Wildman–Crippen LogP) is 3.14. The predicted molar refractivity (Wildman–Crippen MR) is 65.7 cm³/mol. The normalized spacial score (nSPS) is 13.5. The lowest BCUT2D eigenvalue weighted by Crippen LogP contribution is -2.27. The number of benzene rings is 1. The van der Waals surface area contributed by atoms with Gasteiger partial charge in [-0.25, -0.2) is 0 Å². The number of carboxylic acid groups (broad SMARTS) is 1. The number of rotatable bonds is 2. The Morgan fingerprint density at radius 2 is 2.00 bits per heavy atom. The summed E-state index contributed by atoms with van der Waals surface area (Å²) < 4.78 is 0. The molecule has 0 aliphatic heterocycles. The van der Waals surface area contributed by atoms with E-state index in [0.29, 0.717) is 16.3 Å². The average Bonchev–Trinajstić information content (AvgIpc) is 2.08. The van der Waals surface area contributed by atoms with Gasteiger partial charge in [0.1, 0.15) is 0 Å². The first-order valence-corrected chi connectivity index (χ1v) is 5.39. The second-order valence-electron chi connectivity index (χ2n) is 4.91. The molecule has 1 unspecified atom stereocenters. The van der Waals surface area contributed by atoms with Crippen molar-refractivity contribution in [2.75, 3.05) is 5.73 Å². The molecule has 0 radical (unpaired) electrons. The topological polar surface area (TPSA) is 63.3 Å². The van der Waals surface area contributed by atoms with Gasteiger partial charge in [-0.2, -0.15) is 0 Å². The van der Waals surface area contributed by atoms with Crippen molar-refractivity contribution >= 4 is 23.3 Å². The molecule has 0 fully saturated rings. The lowest BCUT2D eigenvalue weighted by molar-refractivity contribution is -0.141. The summed E-state index contributed by atoms with van der Waals surface area (Å²) in [7, 11) is 0. The van der Waals surface area contributed by atoms with Crippen LogP contribution in [0, 0.1) is 5.41 Å². The Balaban J connectivity index is 3.32. The number of hydrogen-bond acceptors (Lipinski definition) is 2. The van der Waals surface area contributed by atoms with Crippen molar-refractivity contribution < 1.29 is 9.90 Å². The molecule has 0 amide bonds. The number of anilines is 1. The molecule has 3 nitrogen and oxygen atoms in total. The molecule has 16 heavy (non-hydrogen) atoms. The number of nitrogens with two attached hydrogens (primary N) is 1. The average molecular weight is 242 g/mol. The third-order valence-electron chi connectivity index (χ3n) is 2.47. The number of halogens is 1. The van der Waals surface area contributed by atoms with E-state index in [1.165, 1.54) is 0 Å². The minimum absolute atomic E-state index is 0.412. The van der Waals surface area contributed by atoms with Gasteiger partial charge in [0.2, 0.25) is 0 Å². The molecule has 3 N–H and O–H groups in total. The zero-order valence-electron chi connectivity index (χ0n) is 9.62. The fourth-order valence-corrected chi connectivity index (χ4v) is 1.95. The summed E-state index contributed by atoms with van der Waals surface area (Å²) in [6.07, 6.45) is 0. The molecule has 0 heterocycles. The Hall–Kier alpha value is -1.22. The molecule has 1 aromatic rings. The number of nitrogen functional groups attached to an aromatic ring is 1. The minimum atomic E-state index is -0.888. The summed E-state index contributed by atoms with van der Waals surface area (Å²) in [4.78, 5) is 11.3. The highest BCUT2D eigenvalue weighted by Crippen LogP contribution is 2.38. The monoisotopic (exact) mass is 241 g/mol. The van der Waals surface area contributed by atoms with Crippen LogP contribution in [0.2, 0.25) is 5.02 Å². The fourth-order valence-electron chi connectivity index (χ4n) is 1.77. The molecular formula is C12H16ClNO2. The van der Waals surface area contributed by atoms with Crippen LogP contribution in [-0.2, 0) is 4.79 Å². The number of hydrogen-bond donors (Lipinski definition) is 2. The van der Waals surface area contributed by atoms with Crippen molar-refractivity contribution in [2.45, 2.75) is 26.7 Å². The van der Waals surface area contributed by atoms with Crippen molar-refractivity contribution in [3.05, 3.63) is 28.8 Å². The summed E-state index contributed by atoms with van der Waals surface area (Å²) in [5.74, 6) is -1.55. The van der Waals surface area contributed by atoms with E-state index >= 15 is 0 Å². The Morgan fingerprint density at radius 3 is 2.44 bits per heavy atom. The third kappa shape index (κ3) is 2.67. The lowest BCUT2D eigenvalue weighted by Gasteiger charge is -2.28. The van der Waals surface area contributed by atoms with E-state index in [2.05, 4.69) is 0 Å². The van der Waals surface area contributed by atoms with E-state index in [1.807, 2.05) is 20.8 Å². The second-order valence-corrected chi connectivity index (χ2v) is 5.35. The molecule has 0 saturated heterocycles. The van der Waals surface area contributed by atoms with Gasteiger partial charge in [0.05, 0.1) is 5.92 Å². The van der Waals surface area contributed by atoms with Crippen LogP contribution in [-0.4, -0.2) is 11.1 Å². The van der Waals surface area contributed by atoms with E-state index in [9.17, 15) is 9.90 Å². The first kappa shape index (κ1) is 12.8. The first-order chi connectivity index (χ1) is 7.23. The van der Waals surface area contributed by atoms with Crippen molar-refractivity contribution in [3.8, 4) is 0 Å². The van der Waals surface area contributed by atoms with Gasteiger partial charge >= 0.3 is 5.97 Å². The maximum absolute atomic E-state index is 11.3. The van der Waals surface area contributed by atoms with Crippen LogP contribution >= 0.6 is 11.6 Å². The van der Waals surface area contributed by atoms with E-state index < -0.39 is 17.3 Å². The Kier molecular flexibility index (Phi) is 3.48. The molecule has 4 heteroatoms. The summed E-state index contributed by atoms with van der Waals surface area (Å²) in [6.45, 7) is 5.60. The largest absolute Gasteiger partial charge is 0.481 e. The maximum Gasteiger partial charge on any atom is 0.311 e. The zero-order chi connectivity index (χ0) is 12.5. The van der Waals surface area contributed by atoms with Crippen LogP contribution in [0.15, 0.2) is 18.2 Å². The SMILES string of the molecule is CC(C)(C)C(C(=O)O)c1cc(Cl)ccc1N. The van der Waals surface area contributed by atoms with Crippen LogP contribution in [0.1, 0.15) is 32.3 Å². The molecule has 0 aromatic heterocycles. The van der Waals surface area contributed by atoms with Crippen LogP contribution in [0.25, 0.3) is 0 Å². The Bertz CT molecular complexity index is 410. The molecule has 0 saturated carbocycles. The maximum atomic E-state index is 11.3. The van der Waals surface area contributed by atoms with Crippen molar-refractivity contribution in [3.63, 3.8) is 0 Å². The van der Waals surface area contributed by atoms with Gasteiger partial charge in [-0.15, -0.1) is 0 Å². The first-order valence-electron chi connectivity index (χ1n) is 5.01. The molecule has 0 aliphatic rings. The van der Waals surface area contributed by atoms with Crippen molar-refractivity contribution in [2.24, 2.45) is 5.41 Å². The van der Waals surface area contributed by atoms with Crippen LogP contribution in [0.3, 0.4) is 0 Å². The van der Waals surface area contributed by atoms with Crippen LogP contribution in [0.4, 0.5) is 5.69 Å². The molecular weight excluding hydrogens is 226 g/mol. The molecule has 0 spiro atoms. The third-order valence-corrected chi connectivity index (χ3v) is 2.71. The highest BCUT2D eigenvalue weighted by atomic mass is 35.5. The highest BCUT2D eigenvalue weighted by Gasteiger charge is 2.34. The van der Waals surface area contributed by atoms with Gasteiger partial charge in [-0.1, -0.05) is 32.4 Å². The second kappa shape index (κ2) is 4.34.